The second-order valence-electron chi connectivity index (χ2n) is 4.51. The minimum absolute atomic E-state index is 0.183. The summed E-state index contributed by atoms with van der Waals surface area (Å²) in [5.74, 6) is 0. The number of halogens is 1. The third-order valence-electron chi connectivity index (χ3n) is 2.23. The zero-order valence-electron chi connectivity index (χ0n) is 9.23. The summed E-state index contributed by atoms with van der Waals surface area (Å²) in [6.07, 6.45) is 1.72. The molecule has 1 unspecified atom stereocenters. The Labute approximate surface area is 94.2 Å². The molecular formula is C11H18BrNO. The lowest BCUT2D eigenvalue weighted by molar-refractivity contribution is 0.274. The van der Waals surface area contributed by atoms with Gasteiger partial charge in [-0.25, -0.2) is 0 Å². The van der Waals surface area contributed by atoms with Crippen LogP contribution in [0.3, 0.4) is 0 Å². The van der Waals surface area contributed by atoms with E-state index < -0.39 is 0 Å². The van der Waals surface area contributed by atoms with E-state index in [-0.39, 0.29) is 5.41 Å². The van der Waals surface area contributed by atoms with Crippen molar-refractivity contribution in [2.24, 2.45) is 5.41 Å². The molecule has 80 valence electrons. The van der Waals surface area contributed by atoms with Gasteiger partial charge in [0, 0.05) is 11.6 Å². The van der Waals surface area contributed by atoms with Crippen LogP contribution >= 0.6 is 15.9 Å². The highest BCUT2D eigenvalue weighted by atomic mass is 79.9. The van der Waals surface area contributed by atoms with Gasteiger partial charge in [0.05, 0.1) is 6.26 Å². The smallest absolute Gasteiger partial charge is 0.173 e. The molecule has 0 radical (unpaired) electrons. The van der Waals surface area contributed by atoms with Gasteiger partial charge in [0.2, 0.25) is 0 Å². The molecule has 2 nitrogen and oxygen atoms in total. The molecule has 0 aliphatic carbocycles. The molecule has 0 fully saturated rings. The number of hydrogen-bond donors (Lipinski definition) is 1. The van der Waals surface area contributed by atoms with Gasteiger partial charge in [-0.3, -0.25) is 0 Å². The largest absolute Gasteiger partial charge is 0.457 e. The predicted octanol–water partition coefficient (Wildman–Crippen LogP) is 3.74. The van der Waals surface area contributed by atoms with Gasteiger partial charge < -0.3 is 9.73 Å². The monoisotopic (exact) mass is 259 g/mol. The average Bonchev–Trinajstić information content (AvgIpc) is 2.45. The fraction of sp³-hybridized carbons (Fsp3) is 0.636. The molecule has 0 spiro atoms. The summed E-state index contributed by atoms with van der Waals surface area (Å²) in [7, 11) is 0. The van der Waals surface area contributed by atoms with Gasteiger partial charge in [-0.2, -0.15) is 0 Å². The van der Waals surface area contributed by atoms with Crippen molar-refractivity contribution in [3.05, 3.63) is 22.6 Å². The van der Waals surface area contributed by atoms with Crippen LogP contribution in [-0.4, -0.2) is 6.54 Å². The van der Waals surface area contributed by atoms with Crippen molar-refractivity contribution in [2.45, 2.75) is 33.7 Å². The van der Waals surface area contributed by atoms with Gasteiger partial charge >= 0.3 is 0 Å². The predicted molar refractivity (Wildman–Crippen MR) is 62.3 cm³/mol. The first kappa shape index (κ1) is 11.8. The molecule has 0 aliphatic rings. The molecule has 1 rings (SSSR count). The second-order valence-corrected chi connectivity index (χ2v) is 5.23. The molecule has 0 amide bonds. The first-order valence-electron chi connectivity index (χ1n) is 4.93. The maximum Gasteiger partial charge on any atom is 0.173 e. The lowest BCUT2D eigenvalue weighted by atomic mass is 9.83. The molecule has 0 aliphatic heterocycles. The summed E-state index contributed by atoms with van der Waals surface area (Å²) in [4.78, 5) is 0. The summed E-state index contributed by atoms with van der Waals surface area (Å²) in [6.45, 7) is 9.74. The number of hydrogen-bond acceptors (Lipinski definition) is 2. The molecule has 0 saturated heterocycles. The zero-order chi connectivity index (χ0) is 10.8. The van der Waals surface area contributed by atoms with Crippen LogP contribution in [0.15, 0.2) is 21.4 Å². The van der Waals surface area contributed by atoms with E-state index in [0.717, 1.165) is 11.2 Å². The number of nitrogens with one attached hydrogen (secondary N) is 1. The van der Waals surface area contributed by atoms with E-state index >= 15 is 0 Å². The van der Waals surface area contributed by atoms with Crippen molar-refractivity contribution in [1.29, 1.82) is 0 Å². The minimum atomic E-state index is 0.183. The number of furan rings is 1. The summed E-state index contributed by atoms with van der Waals surface area (Å²) in [5.41, 5.74) is 1.38. The molecular weight excluding hydrogens is 242 g/mol. The van der Waals surface area contributed by atoms with E-state index in [0.29, 0.717) is 6.04 Å². The van der Waals surface area contributed by atoms with E-state index in [9.17, 15) is 0 Å². The van der Waals surface area contributed by atoms with Gasteiger partial charge in [0.1, 0.15) is 0 Å². The summed E-state index contributed by atoms with van der Waals surface area (Å²) in [6, 6.07) is 2.34. The highest BCUT2D eigenvalue weighted by Crippen LogP contribution is 2.36. The fourth-order valence-electron chi connectivity index (χ4n) is 1.60. The van der Waals surface area contributed by atoms with Crippen LogP contribution in [0.25, 0.3) is 0 Å². The normalized spacial score (nSPS) is 14.4. The topological polar surface area (TPSA) is 25.2 Å². The van der Waals surface area contributed by atoms with Crippen LogP contribution in [0.1, 0.15) is 39.3 Å². The van der Waals surface area contributed by atoms with Gasteiger partial charge in [-0.15, -0.1) is 0 Å². The van der Waals surface area contributed by atoms with Gasteiger partial charge in [-0.05, 0) is 34.0 Å². The average molecular weight is 260 g/mol. The quantitative estimate of drug-likeness (QED) is 0.895. The summed E-state index contributed by atoms with van der Waals surface area (Å²) in [5, 5.41) is 3.48. The third-order valence-corrected chi connectivity index (χ3v) is 2.88. The molecule has 3 heteroatoms. The molecule has 1 N–H and O–H groups in total. The van der Waals surface area contributed by atoms with Crippen LogP contribution in [0.4, 0.5) is 0 Å². The molecule has 1 heterocycles. The fourth-order valence-corrected chi connectivity index (χ4v) is 2.07. The number of rotatable bonds is 3. The van der Waals surface area contributed by atoms with E-state index in [4.69, 9.17) is 4.42 Å². The maximum absolute atomic E-state index is 5.26. The Kier molecular flexibility index (Phi) is 3.78. The Balaban J connectivity index is 2.95. The molecule has 14 heavy (non-hydrogen) atoms. The first-order valence-corrected chi connectivity index (χ1v) is 5.72. The Morgan fingerprint density at radius 2 is 2.14 bits per heavy atom. The Morgan fingerprint density at radius 3 is 2.50 bits per heavy atom. The van der Waals surface area contributed by atoms with Gasteiger partial charge in [0.15, 0.2) is 4.67 Å². The Bertz CT molecular complexity index is 288. The van der Waals surface area contributed by atoms with Crippen molar-refractivity contribution in [2.75, 3.05) is 6.54 Å². The van der Waals surface area contributed by atoms with E-state index in [1.54, 1.807) is 6.26 Å². The van der Waals surface area contributed by atoms with Gasteiger partial charge in [-0.1, -0.05) is 27.7 Å². The molecule has 0 bridgehead atoms. The van der Waals surface area contributed by atoms with Crippen molar-refractivity contribution in [1.82, 2.24) is 5.32 Å². The zero-order valence-corrected chi connectivity index (χ0v) is 10.8. The van der Waals surface area contributed by atoms with Crippen LogP contribution in [0.2, 0.25) is 0 Å². The minimum Gasteiger partial charge on any atom is -0.457 e. The van der Waals surface area contributed by atoms with Crippen molar-refractivity contribution < 1.29 is 4.42 Å². The molecule has 1 aromatic heterocycles. The van der Waals surface area contributed by atoms with Crippen LogP contribution in [-0.2, 0) is 0 Å². The maximum atomic E-state index is 5.26. The lowest BCUT2D eigenvalue weighted by Gasteiger charge is -2.30. The first-order chi connectivity index (χ1) is 6.46. The Morgan fingerprint density at radius 1 is 1.50 bits per heavy atom. The standard InChI is InChI=1S/C11H18BrNO/c1-5-13-9(11(2,3)4)8-6-7-14-10(8)12/h6-7,9,13H,5H2,1-4H3. The van der Waals surface area contributed by atoms with Crippen LogP contribution in [0.5, 0.6) is 0 Å². The molecule has 0 saturated carbocycles. The third kappa shape index (κ3) is 2.61. The van der Waals surface area contributed by atoms with E-state index in [1.165, 1.54) is 5.56 Å². The SMILES string of the molecule is CCNC(c1ccoc1Br)C(C)(C)C. The lowest BCUT2D eigenvalue weighted by Crippen LogP contribution is -2.32. The van der Waals surface area contributed by atoms with Crippen molar-refractivity contribution in [3.8, 4) is 0 Å². The molecule has 0 aromatic carbocycles. The van der Waals surface area contributed by atoms with Gasteiger partial charge in [0.25, 0.3) is 0 Å². The summed E-state index contributed by atoms with van der Waals surface area (Å²) < 4.78 is 6.10. The van der Waals surface area contributed by atoms with Crippen molar-refractivity contribution in [3.63, 3.8) is 0 Å². The highest BCUT2D eigenvalue weighted by Gasteiger charge is 2.28. The van der Waals surface area contributed by atoms with Crippen LogP contribution in [0, 0.1) is 5.41 Å². The molecule has 1 atom stereocenters. The van der Waals surface area contributed by atoms with E-state index in [1.807, 2.05) is 6.07 Å². The molecule has 1 aromatic rings. The van der Waals surface area contributed by atoms with Crippen LogP contribution < -0.4 is 5.32 Å². The Hall–Kier alpha value is -0.280. The van der Waals surface area contributed by atoms with Crippen molar-refractivity contribution >= 4 is 15.9 Å². The second kappa shape index (κ2) is 4.49. The summed E-state index contributed by atoms with van der Waals surface area (Å²) >= 11 is 3.42. The highest BCUT2D eigenvalue weighted by molar-refractivity contribution is 9.10. The van der Waals surface area contributed by atoms with E-state index in [2.05, 4.69) is 48.9 Å².